The number of nitrogens with one attached hydrogen (secondary N) is 1. The number of aromatic hydroxyl groups is 1. The Morgan fingerprint density at radius 1 is 1.24 bits per heavy atom. The Labute approximate surface area is 96.9 Å². The molecular weight excluding hydrogens is 216 g/mol. The topological polar surface area (TPSA) is 66.0 Å². The van der Waals surface area contributed by atoms with Crippen molar-refractivity contribution in [3.05, 3.63) is 36.2 Å². The highest BCUT2D eigenvalue weighted by atomic mass is 16.3. The first-order valence-corrected chi connectivity index (χ1v) is 5.32. The fourth-order valence-corrected chi connectivity index (χ4v) is 2.12. The monoisotopic (exact) mass is 226 g/mol. The van der Waals surface area contributed by atoms with Gasteiger partial charge in [-0.2, -0.15) is 0 Å². The summed E-state index contributed by atoms with van der Waals surface area (Å²) < 4.78 is 0. The van der Waals surface area contributed by atoms with Crippen molar-refractivity contribution < 1.29 is 9.90 Å². The highest BCUT2D eigenvalue weighted by Crippen LogP contribution is 2.31. The van der Waals surface area contributed by atoms with Crippen LogP contribution in [0.3, 0.4) is 0 Å². The van der Waals surface area contributed by atoms with Gasteiger partial charge >= 0.3 is 0 Å². The van der Waals surface area contributed by atoms with E-state index >= 15 is 0 Å². The van der Waals surface area contributed by atoms with Crippen LogP contribution in [0.5, 0.6) is 5.75 Å². The van der Waals surface area contributed by atoms with Gasteiger partial charge in [0.15, 0.2) is 0 Å². The first-order valence-electron chi connectivity index (χ1n) is 5.32. The number of hydrogen-bond acceptors (Lipinski definition) is 3. The van der Waals surface area contributed by atoms with E-state index in [0.29, 0.717) is 11.2 Å². The zero-order chi connectivity index (χ0) is 11.8. The van der Waals surface area contributed by atoms with Crippen LogP contribution >= 0.6 is 0 Å². The quantitative estimate of drug-likeness (QED) is 0.658. The van der Waals surface area contributed by atoms with Crippen LogP contribution in [0.15, 0.2) is 30.5 Å². The lowest BCUT2D eigenvalue weighted by Crippen LogP contribution is -1.91. The summed E-state index contributed by atoms with van der Waals surface area (Å²) in [5, 5.41) is 11.7. The van der Waals surface area contributed by atoms with Gasteiger partial charge in [0.2, 0.25) is 0 Å². The van der Waals surface area contributed by atoms with E-state index in [1.807, 2.05) is 12.1 Å². The van der Waals surface area contributed by atoms with Gasteiger partial charge in [0, 0.05) is 23.4 Å². The van der Waals surface area contributed by atoms with Crippen molar-refractivity contribution in [1.82, 2.24) is 9.97 Å². The molecule has 0 aliphatic heterocycles. The van der Waals surface area contributed by atoms with Crippen LogP contribution in [0.4, 0.5) is 0 Å². The van der Waals surface area contributed by atoms with Gasteiger partial charge in [0.05, 0.1) is 16.7 Å². The predicted octanol–water partition coefficient (Wildman–Crippen LogP) is 2.16. The molecule has 3 aromatic rings. The number of benzene rings is 1. The summed E-state index contributed by atoms with van der Waals surface area (Å²) in [6, 6.07) is 7.23. The van der Waals surface area contributed by atoms with Gasteiger partial charge in [0.1, 0.15) is 12.0 Å². The van der Waals surface area contributed by atoms with Crippen LogP contribution in [0.1, 0.15) is 5.69 Å². The molecule has 0 amide bonds. The van der Waals surface area contributed by atoms with Crippen molar-refractivity contribution in [1.29, 1.82) is 0 Å². The Morgan fingerprint density at radius 2 is 2.06 bits per heavy atom. The highest BCUT2D eigenvalue weighted by Gasteiger charge is 2.10. The normalized spacial score (nSPS) is 11.1. The highest BCUT2D eigenvalue weighted by molar-refractivity contribution is 6.09. The van der Waals surface area contributed by atoms with Gasteiger partial charge in [-0.15, -0.1) is 0 Å². The summed E-state index contributed by atoms with van der Waals surface area (Å²) in [5.41, 5.74) is 2.20. The van der Waals surface area contributed by atoms with Gasteiger partial charge in [-0.1, -0.05) is 12.1 Å². The third-order valence-corrected chi connectivity index (χ3v) is 2.89. The van der Waals surface area contributed by atoms with Crippen LogP contribution < -0.4 is 0 Å². The van der Waals surface area contributed by atoms with Crippen molar-refractivity contribution in [2.24, 2.45) is 0 Å². The van der Waals surface area contributed by atoms with E-state index in [1.54, 1.807) is 18.3 Å². The number of carbonyl (C=O) groups is 1. The summed E-state index contributed by atoms with van der Waals surface area (Å²) in [7, 11) is 0. The Balaban J connectivity index is 2.46. The summed E-state index contributed by atoms with van der Waals surface area (Å²) in [6.07, 6.45) is 2.77. The van der Waals surface area contributed by atoms with Crippen molar-refractivity contribution in [3.8, 4) is 5.75 Å². The largest absolute Gasteiger partial charge is 0.506 e. The van der Waals surface area contributed by atoms with Crippen LogP contribution in [0.2, 0.25) is 0 Å². The molecule has 0 atom stereocenters. The summed E-state index contributed by atoms with van der Waals surface area (Å²) in [4.78, 5) is 17.9. The SMILES string of the molecule is O=CCc1nccc2c1[nH]c1c(O)cccc12. The van der Waals surface area contributed by atoms with E-state index in [1.165, 1.54) is 0 Å². The lowest BCUT2D eigenvalue weighted by molar-refractivity contribution is -0.107. The fourth-order valence-electron chi connectivity index (χ4n) is 2.12. The van der Waals surface area contributed by atoms with Crippen molar-refractivity contribution >= 4 is 28.1 Å². The van der Waals surface area contributed by atoms with E-state index in [0.717, 1.165) is 22.6 Å². The minimum absolute atomic E-state index is 0.204. The smallest absolute Gasteiger partial charge is 0.139 e. The first kappa shape index (κ1) is 9.84. The molecule has 0 radical (unpaired) electrons. The van der Waals surface area contributed by atoms with E-state index in [-0.39, 0.29) is 12.2 Å². The second kappa shape index (κ2) is 3.59. The molecule has 0 fully saturated rings. The number of rotatable bonds is 2. The Bertz CT molecular complexity index is 716. The van der Waals surface area contributed by atoms with Crippen molar-refractivity contribution in [2.75, 3.05) is 0 Å². The first-order chi connectivity index (χ1) is 8.31. The molecule has 1 aromatic carbocycles. The molecule has 0 aliphatic carbocycles. The molecule has 4 nitrogen and oxygen atoms in total. The Hall–Kier alpha value is -2.36. The van der Waals surface area contributed by atoms with Crippen molar-refractivity contribution in [2.45, 2.75) is 6.42 Å². The van der Waals surface area contributed by atoms with Gasteiger partial charge < -0.3 is 14.9 Å². The van der Waals surface area contributed by atoms with E-state index in [2.05, 4.69) is 9.97 Å². The third-order valence-electron chi connectivity index (χ3n) is 2.89. The predicted molar refractivity (Wildman–Crippen MR) is 65.0 cm³/mol. The fraction of sp³-hybridized carbons (Fsp3) is 0.0769. The maximum absolute atomic E-state index is 10.6. The molecule has 3 rings (SSSR count). The van der Waals surface area contributed by atoms with E-state index in [9.17, 15) is 9.90 Å². The molecule has 0 bridgehead atoms. The lowest BCUT2D eigenvalue weighted by atomic mass is 10.1. The maximum atomic E-state index is 10.6. The second-order valence-electron chi connectivity index (χ2n) is 3.88. The van der Waals surface area contributed by atoms with Gasteiger partial charge in [0.25, 0.3) is 0 Å². The second-order valence-corrected chi connectivity index (χ2v) is 3.88. The average Bonchev–Trinajstić information content (AvgIpc) is 2.71. The molecule has 0 saturated carbocycles. The average molecular weight is 226 g/mol. The minimum atomic E-state index is 0.204. The molecule has 2 N–H and O–H groups in total. The van der Waals surface area contributed by atoms with Crippen LogP contribution in [-0.4, -0.2) is 21.4 Å². The van der Waals surface area contributed by atoms with Crippen LogP contribution in [0.25, 0.3) is 21.8 Å². The Morgan fingerprint density at radius 3 is 2.88 bits per heavy atom. The molecule has 2 aromatic heterocycles. The molecule has 17 heavy (non-hydrogen) atoms. The number of aromatic amines is 1. The molecule has 0 spiro atoms. The zero-order valence-corrected chi connectivity index (χ0v) is 8.97. The maximum Gasteiger partial charge on any atom is 0.139 e. The van der Waals surface area contributed by atoms with Crippen LogP contribution in [-0.2, 0) is 11.2 Å². The summed E-state index contributed by atoms with van der Waals surface area (Å²) >= 11 is 0. The molecule has 84 valence electrons. The van der Waals surface area contributed by atoms with E-state index < -0.39 is 0 Å². The Kier molecular flexibility index (Phi) is 2.08. The minimum Gasteiger partial charge on any atom is -0.506 e. The molecule has 4 heteroatoms. The number of carbonyl (C=O) groups excluding carboxylic acids is 1. The molecule has 0 saturated heterocycles. The number of phenolic OH excluding ortho intramolecular Hbond substituents is 1. The molecule has 0 aliphatic rings. The lowest BCUT2D eigenvalue weighted by Gasteiger charge is -1.96. The number of phenols is 1. The number of para-hydroxylation sites is 1. The number of fused-ring (bicyclic) bond motifs is 3. The van der Waals surface area contributed by atoms with E-state index in [4.69, 9.17) is 0 Å². The number of pyridine rings is 1. The van der Waals surface area contributed by atoms with Gasteiger partial charge in [-0.3, -0.25) is 4.98 Å². The van der Waals surface area contributed by atoms with Crippen molar-refractivity contribution in [3.63, 3.8) is 0 Å². The zero-order valence-electron chi connectivity index (χ0n) is 8.97. The molecule has 2 heterocycles. The standard InChI is InChI=1S/C13H10N2O2/c16-7-5-10-12-9(4-6-14-10)8-2-1-3-11(17)13(8)15-12/h1-4,6-7,15,17H,5H2. The van der Waals surface area contributed by atoms with Gasteiger partial charge in [-0.25, -0.2) is 0 Å². The summed E-state index contributed by atoms with van der Waals surface area (Å²) in [6.45, 7) is 0. The molecule has 0 unspecified atom stereocenters. The number of H-pyrrole nitrogens is 1. The third kappa shape index (κ3) is 1.38. The number of nitrogens with zero attached hydrogens (tertiary/aromatic N) is 1. The molecular formula is C13H10N2O2. The summed E-state index contributed by atoms with van der Waals surface area (Å²) in [5.74, 6) is 0.204. The number of hydrogen-bond donors (Lipinski definition) is 2. The van der Waals surface area contributed by atoms with Crippen LogP contribution in [0, 0.1) is 0 Å². The number of aldehydes is 1. The van der Waals surface area contributed by atoms with Gasteiger partial charge in [-0.05, 0) is 12.1 Å². The number of aromatic nitrogens is 2.